The molecule has 0 N–H and O–H groups in total. The molecular weight excluding hydrogens is 294 g/mol. The van der Waals surface area contributed by atoms with Gasteiger partial charge >= 0.3 is 0 Å². The van der Waals surface area contributed by atoms with Crippen LogP contribution >= 0.6 is 0 Å². The average Bonchev–Trinajstić information content (AvgIpc) is 3.08. The quantitative estimate of drug-likeness (QED) is 0.790. The highest BCUT2D eigenvalue weighted by molar-refractivity contribution is 5.88. The van der Waals surface area contributed by atoms with Crippen molar-refractivity contribution in [2.45, 2.75) is 33.1 Å². The molecule has 0 heterocycles. The smallest absolute Gasteiger partial charge is 0.159 e. The zero-order chi connectivity index (χ0) is 16.8. The summed E-state index contributed by atoms with van der Waals surface area (Å²) in [6.45, 7) is 5.88. The van der Waals surface area contributed by atoms with Crippen molar-refractivity contribution in [2.75, 3.05) is 0 Å². The highest BCUT2D eigenvalue weighted by Crippen LogP contribution is 2.64. The molecule has 0 unspecified atom stereocenters. The Morgan fingerprint density at radius 2 is 1.70 bits per heavy atom. The fourth-order valence-corrected chi connectivity index (χ4v) is 3.70. The summed E-state index contributed by atoms with van der Waals surface area (Å²) in [7, 11) is 0. The number of ketones is 1. The van der Waals surface area contributed by atoms with Crippen molar-refractivity contribution in [2.24, 2.45) is 11.3 Å². The van der Waals surface area contributed by atoms with Crippen LogP contribution in [0.5, 0.6) is 0 Å². The van der Waals surface area contributed by atoms with E-state index in [0.29, 0.717) is 11.1 Å². The number of hydrogen-bond donors (Lipinski definition) is 0. The predicted molar refractivity (Wildman–Crippen MR) is 86.3 cm³/mol. The molecule has 0 amide bonds. The first kappa shape index (κ1) is 15.9. The number of aryl methyl sites for hydroxylation is 1. The van der Waals surface area contributed by atoms with Crippen LogP contribution in [0.3, 0.4) is 0 Å². The maximum Gasteiger partial charge on any atom is 0.159 e. The highest BCUT2D eigenvalue weighted by atomic mass is 19.2. The SMILES string of the molecule is Cc1cc(F)c(F)cc1CC(=O)[C@@H]1[C@@H](c2ccccc2)C1(C)C. The second kappa shape index (κ2) is 5.55. The lowest BCUT2D eigenvalue weighted by Gasteiger charge is -2.07. The van der Waals surface area contributed by atoms with Gasteiger partial charge in [0.1, 0.15) is 5.78 Å². The Kier molecular flexibility index (Phi) is 3.83. The fourth-order valence-electron chi connectivity index (χ4n) is 3.70. The topological polar surface area (TPSA) is 17.1 Å². The summed E-state index contributed by atoms with van der Waals surface area (Å²) in [5.41, 5.74) is 2.26. The molecular formula is C20H20F2O. The van der Waals surface area contributed by atoms with Crippen molar-refractivity contribution in [3.63, 3.8) is 0 Å². The van der Waals surface area contributed by atoms with Crippen molar-refractivity contribution in [1.82, 2.24) is 0 Å². The van der Waals surface area contributed by atoms with E-state index in [1.165, 1.54) is 0 Å². The van der Waals surface area contributed by atoms with Gasteiger partial charge in [-0.3, -0.25) is 4.79 Å². The second-order valence-corrected chi connectivity index (χ2v) is 7.02. The molecule has 0 aliphatic heterocycles. The van der Waals surface area contributed by atoms with Crippen LogP contribution in [-0.2, 0) is 11.2 Å². The molecule has 0 spiro atoms. The largest absolute Gasteiger partial charge is 0.299 e. The molecule has 0 saturated heterocycles. The van der Waals surface area contributed by atoms with Gasteiger partial charge in [-0.25, -0.2) is 8.78 Å². The first-order chi connectivity index (χ1) is 10.8. The summed E-state index contributed by atoms with van der Waals surface area (Å²) in [4.78, 5) is 12.7. The third-order valence-electron chi connectivity index (χ3n) is 5.08. The number of benzene rings is 2. The number of carbonyl (C=O) groups is 1. The van der Waals surface area contributed by atoms with Crippen LogP contribution in [0.15, 0.2) is 42.5 Å². The molecule has 2 atom stereocenters. The fraction of sp³-hybridized carbons (Fsp3) is 0.350. The van der Waals surface area contributed by atoms with Gasteiger partial charge in [-0.1, -0.05) is 44.2 Å². The zero-order valence-electron chi connectivity index (χ0n) is 13.6. The Morgan fingerprint density at radius 3 is 2.35 bits per heavy atom. The molecule has 0 bridgehead atoms. The molecule has 1 saturated carbocycles. The van der Waals surface area contributed by atoms with E-state index in [9.17, 15) is 13.6 Å². The summed E-state index contributed by atoms with van der Waals surface area (Å²) in [5, 5.41) is 0. The number of rotatable bonds is 4. The molecule has 23 heavy (non-hydrogen) atoms. The lowest BCUT2D eigenvalue weighted by molar-refractivity contribution is -0.120. The minimum atomic E-state index is -0.895. The third kappa shape index (κ3) is 2.80. The van der Waals surface area contributed by atoms with Gasteiger partial charge in [-0.15, -0.1) is 0 Å². The van der Waals surface area contributed by atoms with Crippen molar-refractivity contribution < 1.29 is 13.6 Å². The van der Waals surface area contributed by atoms with E-state index in [-0.39, 0.29) is 29.5 Å². The van der Waals surface area contributed by atoms with Gasteiger partial charge in [0.2, 0.25) is 0 Å². The van der Waals surface area contributed by atoms with E-state index in [1.54, 1.807) is 6.92 Å². The summed E-state index contributed by atoms with van der Waals surface area (Å²) >= 11 is 0. The van der Waals surface area contributed by atoms with Crippen molar-refractivity contribution in [1.29, 1.82) is 0 Å². The van der Waals surface area contributed by atoms with Crippen molar-refractivity contribution in [3.8, 4) is 0 Å². The Balaban J connectivity index is 1.81. The normalized spacial score (nSPS) is 22.0. The Labute approximate surface area is 135 Å². The molecule has 0 aromatic heterocycles. The molecule has 120 valence electrons. The van der Waals surface area contributed by atoms with Crippen LogP contribution in [0.25, 0.3) is 0 Å². The molecule has 2 aromatic carbocycles. The molecule has 1 nitrogen and oxygen atoms in total. The Hall–Kier alpha value is -2.03. The molecule has 1 fully saturated rings. The molecule has 0 radical (unpaired) electrons. The van der Waals surface area contributed by atoms with E-state index < -0.39 is 11.6 Å². The summed E-state index contributed by atoms with van der Waals surface area (Å²) in [6, 6.07) is 12.3. The van der Waals surface area contributed by atoms with Gasteiger partial charge in [0.15, 0.2) is 11.6 Å². The van der Waals surface area contributed by atoms with Gasteiger partial charge in [0.05, 0.1) is 0 Å². The Morgan fingerprint density at radius 1 is 1.09 bits per heavy atom. The van der Waals surface area contributed by atoms with Gasteiger partial charge < -0.3 is 0 Å². The first-order valence-corrected chi connectivity index (χ1v) is 7.84. The van der Waals surface area contributed by atoms with Gasteiger partial charge in [0.25, 0.3) is 0 Å². The van der Waals surface area contributed by atoms with Gasteiger partial charge in [0, 0.05) is 12.3 Å². The lowest BCUT2D eigenvalue weighted by atomic mass is 9.98. The molecule has 1 aliphatic carbocycles. The minimum Gasteiger partial charge on any atom is -0.299 e. The van der Waals surface area contributed by atoms with E-state index in [4.69, 9.17) is 0 Å². The lowest BCUT2D eigenvalue weighted by Crippen LogP contribution is -2.11. The van der Waals surface area contributed by atoms with E-state index >= 15 is 0 Å². The van der Waals surface area contributed by atoms with E-state index in [1.807, 2.05) is 30.3 Å². The van der Waals surface area contributed by atoms with Crippen LogP contribution in [0.1, 0.15) is 36.5 Å². The molecule has 3 rings (SSSR count). The van der Waals surface area contributed by atoms with Crippen molar-refractivity contribution in [3.05, 3.63) is 70.8 Å². The number of hydrogen-bond acceptors (Lipinski definition) is 1. The van der Waals surface area contributed by atoms with Crippen LogP contribution in [0, 0.1) is 29.9 Å². The Bertz CT molecular complexity index is 750. The first-order valence-electron chi connectivity index (χ1n) is 7.84. The number of Topliss-reactive ketones (excluding diaryl/α,β-unsaturated/α-hetero) is 1. The zero-order valence-corrected chi connectivity index (χ0v) is 13.6. The predicted octanol–water partition coefficient (Wildman–Crippen LogP) is 4.82. The molecule has 3 heteroatoms. The minimum absolute atomic E-state index is 0.0718. The third-order valence-corrected chi connectivity index (χ3v) is 5.08. The average molecular weight is 314 g/mol. The molecule has 1 aliphatic rings. The van der Waals surface area contributed by atoms with Crippen molar-refractivity contribution >= 4 is 5.78 Å². The van der Waals surface area contributed by atoms with Crippen LogP contribution in [-0.4, -0.2) is 5.78 Å². The van der Waals surface area contributed by atoms with Crippen LogP contribution in [0.4, 0.5) is 8.78 Å². The van der Waals surface area contributed by atoms with Gasteiger partial charge in [-0.05, 0) is 47.1 Å². The van der Waals surface area contributed by atoms with Gasteiger partial charge in [-0.2, -0.15) is 0 Å². The van der Waals surface area contributed by atoms with E-state index in [0.717, 1.165) is 17.7 Å². The van der Waals surface area contributed by atoms with Crippen LogP contribution < -0.4 is 0 Å². The number of carbonyl (C=O) groups excluding carboxylic acids is 1. The standard InChI is InChI=1S/C20H20F2O/c1-12-9-15(21)16(22)10-14(12)11-17(23)19-18(20(19,2)3)13-7-5-4-6-8-13/h4-10,18-19H,11H2,1-3H3/t18-,19-/m1/s1. The summed E-state index contributed by atoms with van der Waals surface area (Å²) in [6.07, 6.45) is 0.153. The monoisotopic (exact) mass is 314 g/mol. The maximum absolute atomic E-state index is 13.4. The number of halogens is 2. The summed E-state index contributed by atoms with van der Waals surface area (Å²) in [5.74, 6) is -1.54. The van der Waals surface area contributed by atoms with E-state index in [2.05, 4.69) is 13.8 Å². The molecule has 2 aromatic rings. The highest BCUT2D eigenvalue weighted by Gasteiger charge is 2.61. The van der Waals surface area contributed by atoms with Crippen LogP contribution in [0.2, 0.25) is 0 Å². The maximum atomic E-state index is 13.4. The second-order valence-electron chi connectivity index (χ2n) is 7.02. The summed E-state index contributed by atoms with van der Waals surface area (Å²) < 4.78 is 26.6.